The molecule has 5 heteroatoms. The minimum absolute atomic E-state index is 0.309. The monoisotopic (exact) mass is 247 g/mol. The quantitative estimate of drug-likeness (QED) is 0.745. The second kappa shape index (κ2) is 5.34. The van der Waals surface area contributed by atoms with Gasteiger partial charge in [-0.15, -0.1) is 5.10 Å². The summed E-state index contributed by atoms with van der Waals surface area (Å²) >= 11 is 3.52. The molecule has 0 N–H and O–H groups in total. The van der Waals surface area contributed by atoms with Crippen LogP contribution in [0.4, 0.5) is 0 Å². The first-order valence-electron chi connectivity index (χ1n) is 4.31. The third-order valence-corrected chi connectivity index (χ3v) is 2.88. The van der Waals surface area contributed by atoms with Crippen molar-refractivity contribution in [3.05, 3.63) is 11.9 Å². The van der Waals surface area contributed by atoms with Crippen LogP contribution in [0.15, 0.2) is 6.20 Å². The molecule has 1 aromatic rings. The van der Waals surface area contributed by atoms with Crippen molar-refractivity contribution >= 4 is 15.9 Å². The van der Waals surface area contributed by atoms with Crippen LogP contribution >= 0.6 is 15.9 Å². The van der Waals surface area contributed by atoms with E-state index >= 15 is 0 Å². The van der Waals surface area contributed by atoms with Gasteiger partial charge in [0.2, 0.25) is 0 Å². The second-order valence-corrected chi connectivity index (χ2v) is 3.88. The number of aromatic nitrogens is 3. The zero-order valence-electron chi connectivity index (χ0n) is 7.90. The van der Waals surface area contributed by atoms with Crippen LogP contribution in [0.1, 0.15) is 23.9 Å². The highest BCUT2D eigenvalue weighted by Crippen LogP contribution is 2.22. The van der Waals surface area contributed by atoms with Crippen LogP contribution in [-0.4, -0.2) is 28.7 Å². The minimum Gasteiger partial charge on any atom is -0.383 e. The average molecular weight is 248 g/mol. The SMILES string of the molecule is CCC(Br)c1cn(CCOC)nn1. The summed E-state index contributed by atoms with van der Waals surface area (Å²) in [6, 6.07) is 0. The summed E-state index contributed by atoms with van der Waals surface area (Å²) in [5, 5.41) is 8.03. The molecule has 1 unspecified atom stereocenters. The van der Waals surface area contributed by atoms with Crippen molar-refractivity contribution in [2.24, 2.45) is 0 Å². The van der Waals surface area contributed by atoms with Gasteiger partial charge in [-0.2, -0.15) is 0 Å². The van der Waals surface area contributed by atoms with Gasteiger partial charge in [0.1, 0.15) is 0 Å². The van der Waals surface area contributed by atoms with Gasteiger partial charge in [0.15, 0.2) is 0 Å². The van der Waals surface area contributed by atoms with Gasteiger partial charge in [-0.05, 0) is 6.42 Å². The van der Waals surface area contributed by atoms with Crippen molar-refractivity contribution in [3.63, 3.8) is 0 Å². The summed E-state index contributed by atoms with van der Waals surface area (Å²) in [5.74, 6) is 0. The standard InChI is InChI=1S/C8H14BrN3O/c1-3-7(9)8-6-12(11-10-8)4-5-13-2/h6-7H,3-5H2,1-2H3. The molecule has 0 aliphatic rings. The first-order valence-corrected chi connectivity index (χ1v) is 5.22. The van der Waals surface area contributed by atoms with Crippen LogP contribution in [0.5, 0.6) is 0 Å². The van der Waals surface area contributed by atoms with Gasteiger partial charge in [0.05, 0.1) is 23.7 Å². The van der Waals surface area contributed by atoms with E-state index < -0.39 is 0 Å². The number of alkyl halides is 1. The largest absolute Gasteiger partial charge is 0.383 e. The lowest BCUT2D eigenvalue weighted by Gasteiger charge is -1.99. The zero-order chi connectivity index (χ0) is 9.68. The molecule has 74 valence electrons. The summed E-state index contributed by atoms with van der Waals surface area (Å²) in [7, 11) is 1.68. The normalized spacial score (nSPS) is 13.2. The molecule has 0 fully saturated rings. The second-order valence-electron chi connectivity index (χ2n) is 2.78. The fourth-order valence-electron chi connectivity index (χ4n) is 0.960. The Morgan fingerprint density at radius 2 is 2.46 bits per heavy atom. The Balaban J connectivity index is 2.53. The molecule has 1 heterocycles. The number of ether oxygens (including phenoxy) is 1. The van der Waals surface area contributed by atoms with Crippen LogP contribution in [0.3, 0.4) is 0 Å². The van der Waals surface area contributed by atoms with Gasteiger partial charge < -0.3 is 4.74 Å². The van der Waals surface area contributed by atoms with Crippen molar-refractivity contribution in [1.29, 1.82) is 0 Å². The van der Waals surface area contributed by atoms with Crippen LogP contribution in [0.25, 0.3) is 0 Å². The summed E-state index contributed by atoms with van der Waals surface area (Å²) in [5.41, 5.74) is 0.985. The highest BCUT2D eigenvalue weighted by molar-refractivity contribution is 9.09. The number of hydrogen-bond donors (Lipinski definition) is 0. The van der Waals surface area contributed by atoms with Crippen LogP contribution in [0, 0.1) is 0 Å². The highest BCUT2D eigenvalue weighted by Gasteiger charge is 2.08. The molecule has 0 aliphatic heterocycles. The number of rotatable bonds is 5. The maximum absolute atomic E-state index is 4.94. The molecule has 13 heavy (non-hydrogen) atoms. The molecule has 1 aromatic heterocycles. The fourth-order valence-corrected chi connectivity index (χ4v) is 1.17. The lowest BCUT2D eigenvalue weighted by atomic mass is 10.3. The van der Waals surface area contributed by atoms with Crippen molar-refractivity contribution in [2.45, 2.75) is 24.7 Å². The molecule has 0 saturated carbocycles. The van der Waals surface area contributed by atoms with Gasteiger partial charge in [-0.25, -0.2) is 4.68 Å². The Bertz CT molecular complexity index is 251. The maximum atomic E-state index is 4.94. The molecule has 1 atom stereocenters. The first-order chi connectivity index (χ1) is 6.27. The molecular weight excluding hydrogens is 234 g/mol. The summed E-state index contributed by atoms with van der Waals surface area (Å²) in [4.78, 5) is 0.309. The van der Waals surface area contributed by atoms with Gasteiger partial charge in [0, 0.05) is 13.3 Å². The molecule has 0 amide bonds. The van der Waals surface area contributed by atoms with E-state index in [0.717, 1.165) is 18.7 Å². The predicted molar refractivity (Wildman–Crippen MR) is 53.9 cm³/mol. The number of halogens is 1. The van der Waals surface area contributed by atoms with E-state index in [-0.39, 0.29) is 0 Å². The average Bonchev–Trinajstić information content (AvgIpc) is 2.62. The van der Waals surface area contributed by atoms with Gasteiger partial charge in [-0.1, -0.05) is 28.1 Å². The van der Waals surface area contributed by atoms with E-state index in [4.69, 9.17) is 4.74 Å². The van der Waals surface area contributed by atoms with Gasteiger partial charge in [0.25, 0.3) is 0 Å². The summed E-state index contributed by atoms with van der Waals surface area (Å²) < 4.78 is 6.74. The van der Waals surface area contributed by atoms with Gasteiger partial charge in [-0.3, -0.25) is 0 Å². The Hall–Kier alpha value is -0.420. The molecular formula is C8H14BrN3O. The van der Waals surface area contributed by atoms with Crippen LogP contribution in [-0.2, 0) is 11.3 Å². The molecule has 0 spiro atoms. The van der Waals surface area contributed by atoms with Crippen molar-refractivity contribution in [3.8, 4) is 0 Å². The predicted octanol–water partition coefficient (Wildman–Crippen LogP) is 1.77. The van der Waals surface area contributed by atoms with E-state index in [1.54, 1.807) is 11.8 Å². The molecule has 4 nitrogen and oxygen atoms in total. The van der Waals surface area contributed by atoms with Crippen LogP contribution < -0.4 is 0 Å². The lowest BCUT2D eigenvalue weighted by Crippen LogP contribution is -2.04. The smallest absolute Gasteiger partial charge is 0.0963 e. The van der Waals surface area contributed by atoms with Crippen molar-refractivity contribution in [2.75, 3.05) is 13.7 Å². The van der Waals surface area contributed by atoms with Gasteiger partial charge >= 0.3 is 0 Å². The molecule has 0 aliphatic carbocycles. The molecule has 0 aromatic carbocycles. The van der Waals surface area contributed by atoms with E-state index in [9.17, 15) is 0 Å². The summed E-state index contributed by atoms with van der Waals surface area (Å²) in [6.07, 6.45) is 2.96. The molecule has 0 radical (unpaired) electrons. The number of methoxy groups -OCH3 is 1. The van der Waals surface area contributed by atoms with E-state index in [1.165, 1.54) is 0 Å². The van der Waals surface area contributed by atoms with E-state index in [2.05, 4.69) is 33.2 Å². The Morgan fingerprint density at radius 1 is 1.69 bits per heavy atom. The first kappa shape index (κ1) is 10.7. The lowest BCUT2D eigenvalue weighted by molar-refractivity contribution is 0.183. The summed E-state index contributed by atoms with van der Waals surface area (Å²) in [6.45, 7) is 3.53. The van der Waals surface area contributed by atoms with Crippen molar-refractivity contribution in [1.82, 2.24) is 15.0 Å². The zero-order valence-corrected chi connectivity index (χ0v) is 9.49. The van der Waals surface area contributed by atoms with Crippen molar-refractivity contribution < 1.29 is 4.74 Å². The van der Waals surface area contributed by atoms with E-state index in [1.807, 2.05) is 6.20 Å². The highest BCUT2D eigenvalue weighted by atomic mass is 79.9. The molecule has 0 saturated heterocycles. The Labute approximate surface area is 86.4 Å². The number of nitrogens with zero attached hydrogens (tertiary/aromatic N) is 3. The molecule has 1 rings (SSSR count). The Kier molecular flexibility index (Phi) is 4.38. The topological polar surface area (TPSA) is 39.9 Å². The third-order valence-electron chi connectivity index (χ3n) is 1.76. The Morgan fingerprint density at radius 3 is 3.08 bits per heavy atom. The maximum Gasteiger partial charge on any atom is 0.0963 e. The van der Waals surface area contributed by atoms with E-state index in [0.29, 0.717) is 11.4 Å². The molecule has 0 bridgehead atoms. The minimum atomic E-state index is 0.309. The number of hydrogen-bond acceptors (Lipinski definition) is 3. The van der Waals surface area contributed by atoms with Crippen LogP contribution in [0.2, 0.25) is 0 Å². The third kappa shape index (κ3) is 3.08. The fraction of sp³-hybridized carbons (Fsp3) is 0.750.